The third-order valence-electron chi connectivity index (χ3n) is 3.51. The Morgan fingerprint density at radius 3 is 2.30 bits per heavy atom. The van der Waals surface area contributed by atoms with E-state index in [1.807, 2.05) is 50.2 Å². The van der Waals surface area contributed by atoms with Gasteiger partial charge in [-0.3, -0.25) is 4.79 Å². The third kappa shape index (κ3) is 4.36. The van der Waals surface area contributed by atoms with Crippen molar-refractivity contribution in [1.29, 1.82) is 0 Å². The van der Waals surface area contributed by atoms with Crippen LogP contribution in [0.4, 0.5) is 5.69 Å². The molecule has 2 rings (SSSR count). The lowest BCUT2D eigenvalue weighted by Gasteiger charge is -2.21. The van der Waals surface area contributed by atoms with Crippen LogP contribution in [0.2, 0.25) is 10.2 Å². The molecule has 1 heterocycles. The molecular weight excluding hydrogens is 333 g/mol. The lowest BCUT2D eigenvalue weighted by Crippen LogP contribution is -2.31. The summed E-state index contributed by atoms with van der Waals surface area (Å²) in [5, 5.41) is 0.560. The Balaban J connectivity index is 2.19. The Labute approximate surface area is 146 Å². The Hall–Kier alpha value is -1.78. The van der Waals surface area contributed by atoms with Crippen molar-refractivity contribution >= 4 is 34.8 Å². The second-order valence-corrected chi connectivity index (χ2v) is 6.14. The molecule has 0 saturated carbocycles. The van der Waals surface area contributed by atoms with Crippen LogP contribution < -0.4 is 4.90 Å². The van der Waals surface area contributed by atoms with Gasteiger partial charge < -0.3 is 9.80 Å². The van der Waals surface area contributed by atoms with E-state index in [2.05, 4.69) is 4.98 Å². The van der Waals surface area contributed by atoms with Gasteiger partial charge in [0.2, 0.25) is 0 Å². The van der Waals surface area contributed by atoms with Crippen molar-refractivity contribution in [3.05, 3.63) is 57.8 Å². The maximum atomic E-state index is 12.6. The fourth-order valence-electron chi connectivity index (χ4n) is 2.17. The van der Waals surface area contributed by atoms with Crippen LogP contribution in [0.15, 0.2) is 36.4 Å². The molecule has 0 saturated heterocycles. The molecule has 122 valence electrons. The third-order valence-corrected chi connectivity index (χ3v) is 4.03. The molecule has 1 aromatic heterocycles. The highest BCUT2D eigenvalue weighted by molar-refractivity contribution is 6.34. The summed E-state index contributed by atoms with van der Waals surface area (Å²) in [5.74, 6) is -0.225. The monoisotopic (exact) mass is 351 g/mol. The molecule has 0 atom stereocenters. The van der Waals surface area contributed by atoms with E-state index in [4.69, 9.17) is 23.2 Å². The summed E-state index contributed by atoms with van der Waals surface area (Å²) in [6.45, 7) is 2.97. The van der Waals surface area contributed by atoms with E-state index in [0.29, 0.717) is 18.1 Å². The second kappa shape index (κ2) is 7.66. The SMILES string of the molecule is CCN(Cc1ccc(N(C)C)cc1)C(=O)c1nc(Cl)ccc1Cl. The molecule has 0 aliphatic carbocycles. The second-order valence-electron chi connectivity index (χ2n) is 5.34. The normalized spacial score (nSPS) is 10.5. The van der Waals surface area contributed by atoms with Gasteiger partial charge in [-0.15, -0.1) is 0 Å². The number of nitrogens with zero attached hydrogens (tertiary/aromatic N) is 3. The zero-order valence-corrected chi connectivity index (χ0v) is 14.9. The van der Waals surface area contributed by atoms with Crippen LogP contribution >= 0.6 is 23.2 Å². The minimum Gasteiger partial charge on any atom is -0.378 e. The van der Waals surface area contributed by atoms with E-state index in [0.717, 1.165) is 11.3 Å². The zero-order chi connectivity index (χ0) is 17.0. The van der Waals surface area contributed by atoms with Gasteiger partial charge in [0.15, 0.2) is 0 Å². The Morgan fingerprint density at radius 2 is 1.74 bits per heavy atom. The van der Waals surface area contributed by atoms with Crippen LogP contribution in [-0.4, -0.2) is 36.4 Å². The summed E-state index contributed by atoms with van der Waals surface area (Å²) >= 11 is 11.9. The van der Waals surface area contributed by atoms with E-state index in [9.17, 15) is 4.79 Å². The Morgan fingerprint density at radius 1 is 1.09 bits per heavy atom. The summed E-state index contributed by atoms with van der Waals surface area (Å²) in [4.78, 5) is 20.4. The van der Waals surface area contributed by atoms with E-state index in [-0.39, 0.29) is 16.8 Å². The highest BCUT2D eigenvalue weighted by Crippen LogP contribution is 2.20. The number of hydrogen-bond donors (Lipinski definition) is 0. The molecule has 0 fully saturated rings. The largest absolute Gasteiger partial charge is 0.378 e. The fourth-order valence-corrected chi connectivity index (χ4v) is 2.50. The van der Waals surface area contributed by atoms with Gasteiger partial charge >= 0.3 is 0 Å². The van der Waals surface area contributed by atoms with Crippen LogP contribution in [0.3, 0.4) is 0 Å². The van der Waals surface area contributed by atoms with Crippen molar-refractivity contribution in [2.45, 2.75) is 13.5 Å². The van der Waals surface area contributed by atoms with Crippen molar-refractivity contribution in [3.63, 3.8) is 0 Å². The van der Waals surface area contributed by atoms with Crippen molar-refractivity contribution in [2.75, 3.05) is 25.5 Å². The summed E-state index contributed by atoms with van der Waals surface area (Å²) in [6.07, 6.45) is 0. The molecular formula is C17H19Cl2N3O. The van der Waals surface area contributed by atoms with Gasteiger partial charge in [-0.05, 0) is 36.8 Å². The van der Waals surface area contributed by atoms with Crippen LogP contribution in [0.5, 0.6) is 0 Å². The van der Waals surface area contributed by atoms with Gasteiger partial charge in [-0.25, -0.2) is 4.98 Å². The molecule has 0 aliphatic rings. The van der Waals surface area contributed by atoms with E-state index >= 15 is 0 Å². The molecule has 0 aliphatic heterocycles. The number of benzene rings is 1. The zero-order valence-electron chi connectivity index (χ0n) is 13.4. The summed E-state index contributed by atoms with van der Waals surface area (Å²) in [5.41, 5.74) is 2.34. The predicted octanol–water partition coefficient (Wildman–Crippen LogP) is 4.12. The molecule has 1 amide bonds. The number of hydrogen-bond acceptors (Lipinski definition) is 3. The summed E-state index contributed by atoms with van der Waals surface area (Å²) in [6, 6.07) is 11.2. The Kier molecular flexibility index (Phi) is 5.85. The molecule has 0 bridgehead atoms. The van der Waals surface area contributed by atoms with Crippen LogP contribution in [0, 0.1) is 0 Å². The maximum absolute atomic E-state index is 12.6. The number of anilines is 1. The molecule has 23 heavy (non-hydrogen) atoms. The molecule has 0 radical (unpaired) electrons. The molecule has 6 heteroatoms. The van der Waals surface area contributed by atoms with E-state index < -0.39 is 0 Å². The number of aromatic nitrogens is 1. The van der Waals surface area contributed by atoms with E-state index in [1.165, 1.54) is 0 Å². The lowest BCUT2D eigenvalue weighted by atomic mass is 10.1. The first-order chi connectivity index (χ1) is 10.9. The van der Waals surface area contributed by atoms with Gasteiger partial charge in [0.25, 0.3) is 5.91 Å². The molecule has 0 unspecified atom stereocenters. The first-order valence-electron chi connectivity index (χ1n) is 7.30. The quantitative estimate of drug-likeness (QED) is 0.760. The van der Waals surface area contributed by atoms with Gasteiger partial charge in [0, 0.05) is 32.9 Å². The minimum atomic E-state index is -0.225. The standard InChI is InChI=1S/C17H19Cl2N3O/c1-4-22(11-12-5-7-13(8-6-12)21(2)3)17(23)16-14(18)9-10-15(19)20-16/h5-10H,4,11H2,1-3H3. The predicted molar refractivity (Wildman–Crippen MR) is 95.4 cm³/mol. The number of pyridine rings is 1. The van der Waals surface area contributed by atoms with Gasteiger partial charge in [-0.2, -0.15) is 0 Å². The fraction of sp³-hybridized carbons (Fsp3) is 0.294. The lowest BCUT2D eigenvalue weighted by molar-refractivity contribution is 0.0747. The number of amides is 1. The first kappa shape index (κ1) is 17.6. The minimum absolute atomic E-state index is 0.186. The van der Waals surface area contributed by atoms with Crippen LogP contribution in [-0.2, 0) is 6.54 Å². The average molecular weight is 352 g/mol. The summed E-state index contributed by atoms with van der Waals surface area (Å²) in [7, 11) is 3.98. The van der Waals surface area contributed by atoms with Crippen molar-refractivity contribution < 1.29 is 4.79 Å². The molecule has 1 aromatic carbocycles. The molecule has 4 nitrogen and oxygen atoms in total. The average Bonchev–Trinajstić information content (AvgIpc) is 2.54. The molecule has 2 aromatic rings. The van der Waals surface area contributed by atoms with Crippen molar-refractivity contribution in [3.8, 4) is 0 Å². The van der Waals surface area contributed by atoms with E-state index in [1.54, 1.807) is 17.0 Å². The maximum Gasteiger partial charge on any atom is 0.274 e. The number of rotatable bonds is 5. The van der Waals surface area contributed by atoms with Crippen LogP contribution in [0.25, 0.3) is 0 Å². The Bertz CT molecular complexity index is 687. The smallest absolute Gasteiger partial charge is 0.274 e. The highest BCUT2D eigenvalue weighted by atomic mass is 35.5. The number of carbonyl (C=O) groups excluding carboxylic acids is 1. The molecule has 0 N–H and O–H groups in total. The number of carbonyl (C=O) groups is 1. The summed E-state index contributed by atoms with van der Waals surface area (Å²) < 4.78 is 0. The van der Waals surface area contributed by atoms with Gasteiger partial charge in [0.1, 0.15) is 10.8 Å². The van der Waals surface area contributed by atoms with Gasteiger partial charge in [-0.1, -0.05) is 35.3 Å². The van der Waals surface area contributed by atoms with Crippen molar-refractivity contribution in [2.24, 2.45) is 0 Å². The van der Waals surface area contributed by atoms with Gasteiger partial charge in [0.05, 0.1) is 5.02 Å². The van der Waals surface area contributed by atoms with Crippen molar-refractivity contribution in [1.82, 2.24) is 9.88 Å². The first-order valence-corrected chi connectivity index (χ1v) is 8.05. The number of halogens is 2. The topological polar surface area (TPSA) is 36.4 Å². The van der Waals surface area contributed by atoms with Crippen LogP contribution in [0.1, 0.15) is 23.0 Å². The highest BCUT2D eigenvalue weighted by Gasteiger charge is 2.19. The molecule has 0 spiro atoms.